The van der Waals surface area contributed by atoms with Crippen molar-refractivity contribution in [2.45, 2.75) is 50.5 Å². The lowest BCUT2D eigenvalue weighted by Crippen LogP contribution is -2.06. The van der Waals surface area contributed by atoms with Gasteiger partial charge in [-0.1, -0.05) is 19.8 Å². The number of hydrogen-bond acceptors (Lipinski definition) is 2. The van der Waals surface area contributed by atoms with E-state index in [-0.39, 0.29) is 12.1 Å². The van der Waals surface area contributed by atoms with Gasteiger partial charge in [-0.15, -0.1) is 11.6 Å². The quantitative estimate of drug-likeness (QED) is 0.387. The third-order valence-corrected chi connectivity index (χ3v) is 2.49. The zero-order valence-electron chi connectivity index (χ0n) is 7.38. The zero-order chi connectivity index (χ0) is 8.97. The van der Waals surface area contributed by atoms with Crippen molar-refractivity contribution in [3.8, 4) is 0 Å². The van der Waals surface area contributed by atoms with Gasteiger partial charge >= 0.3 is 5.97 Å². The van der Waals surface area contributed by atoms with Gasteiger partial charge in [0.05, 0.1) is 0 Å². The molecule has 2 unspecified atom stereocenters. The molecule has 0 aromatic rings. The Hall–Kier alpha value is -0.240. The second-order valence-corrected chi connectivity index (χ2v) is 3.78. The van der Waals surface area contributed by atoms with E-state index >= 15 is 0 Å². The summed E-state index contributed by atoms with van der Waals surface area (Å²) >= 11 is 5.70. The first-order valence-electron chi connectivity index (χ1n) is 4.58. The minimum absolute atomic E-state index is 0.0894. The summed E-state index contributed by atoms with van der Waals surface area (Å²) in [6.45, 7) is 2.16. The van der Waals surface area contributed by atoms with Gasteiger partial charge in [0.15, 0.2) is 0 Å². The standard InChI is InChI=1S/C9H15ClO2/c1-2-3-4-5-7-6-8(10)9(11)12-7/h7-8H,2-6H2,1H3. The van der Waals surface area contributed by atoms with E-state index in [9.17, 15) is 4.79 Å². The van der Waals surface area contributed by atoms with Gasteiger partial charge in [-0.2, -0.15) is 0 Å². The number of carbonyl (C=O) groups excluding carboxylic acids is 1. The minimum atomic E-state index is -0.392. The van der Waals surface area contributed by atoms with Crippen LogP contribution in [0.15, 0.2) is 0 Å². The number of esters is 1. The average molecular weight is 191 g/mol. The first kappa shape index (κ1) is 9.85. The van der Waals surface area contributed by atoms with Crippen molar-refractivity contribution < 1.29 is 9.53 Å². The SMILES string of the molecule is CCCCCC1CC(Cl)C(=O)O1. The number of hydrogen-bond donors (Lipinski definition) is 0. The van der Waals surface area contributed by atoms with Crippen LogP contribution in [0.3, 0.4) is 0 Å². The Kier molecular flexibility index (Phi) is 3.86. The molecule has 3 heteroatoms. The van der Waals surface area contributed by atoms with E-state index in [4.69, 9.17) is 16.3 Å². The molecule has 1 rings (SSSR count). The predicted molar refractivity (Wildman–Crippen MR) is 48.3 cm³/mol. The van der Waals surface area contributed by atoms with Crippen molar-refractivity contribution in [3.05, 3.63) is 0 Å². The molecule has 0 aromatic heterocycles. The van der Waals surface area contributed by atoms with Crippen molar-refractivity contribution >= 4 is 17.6 Å². The van der Waals surface area contributed by atoms with Gasteiger partial charge in [-0.05, 0) is 12.8 Å². The number of alkyl halides is 1. The minimum Gasteiger partial charge on any atom is -0.461 e. The molecule has 1 fully saturated rings. The summed E-state index contributed by atoms with van der Waals surface area (Å²) in [6.07, 6.45) is 5.31. The Morgan fingerprint density at radius 3 is 2.83 bits per heavy atom. The van der Waals surface area contributed by atoms with Crippen molar-refractivity contribution in [1.29, 1.82) is 0 Å². The Morgan fingerprint density at radius 1 is 1.58 bits per heavy atom. The molecule has 0 N–H and O–H groups in total. The van der Waals surface area contributed by atoms with Crippen molar-refractivity contribution in [3.63, 3.8) is 0 Å². The molecule has 0 saturated carbocycles. The largest absolute Gasteiger partial charge is 0.461 e. The van der Waals surface area contributed by atoms with Gasteiger partial charge < -0.3 is 4.74 Å². The zero-order valence-corrected chi connectivity index (χ0v) is 8.14. The summed E-state index contributed by atoms with van der Waals surface area (Å²) in [5.74, 6) is -0.238. The summed E-state index contributed by atoms with van der Waals surface area (Å²) in [7, 11) is 0. The first-order chi connectivity index (χ1) is 5.74. The normalized spacial score (nSPS) is 29.0. The van der Waals surface area contributed by atoms with Crippen molar-refractivity contribution in [2.75, 3.05) is 0 Å². The van der Waals surface area contributed by atoms with Gasteiger partial charge in [0.2, 0.25) is 0 Å². The molecule has 2 atom stereocenters. The van der Waals surface area contributed by atoms with Crippen LogP contribution in [0.2, 0.25) is 0 Å². The molecule has 70 valence electrons. The lowest BCUT2D eigenvalue weighted by atomic mass is 10.1. The summed E-state index contributed by atoms with van der Waals surface area (Å²) in [6, 6.07) is 0. The molecular weight excluding hydrogens is 176 g/mol. The number of rotatable bonds is 4. The molecule has 1 aliphatic heterocycles. The maximum Gasteiger partial charge on any atom is 0.324 e. The lowest BCUT2D eigenvalue weighted by molar-refractivity contribution is -0.141. The molecule has 12 heavy (non-hydrogen) atoms. The van der Waals surface area contributed by atoms with Crippen LogP contribution in [0.25, 0.3) is 0 Å². The van der Waals surface area contributed by atoms with Crippen LogP contribution in [0.4, 0.5) is 0 Å². The van der Waals surface area contributed by atoms with Crippen LogP contribution in [0, 0.1) is 0 Å². The Labute approximate surface area is 78.2 Å². The summed E-state index contributed by atoms with van der Waals surface area (Å²) < 4.78 is 5.05. The maximum atomic E-state index is 10.9. The number of cyclic esters (lactones) is 1. The molecule has 1 saturated heterocycles. The number of unbranched alkanes of at least 4 members (excludes halogenated alkanes) is 2. The van der Waals surface area contributed by atoms with E-state index in [1.54, 1.807) is 0 Å². The monoisotopic (exact) mass is 190 g/mol. The van der Waals surface area contributed by atoms with E-state index in [0.29, 0.717) is 6.42 Å². The third kappa shape index (κ3) is 2.67. The Balaban J connectivity index is 2.14. The molecule has 0 aromatic carbocycles. The van der Waals surface area contributed by atoms with Crippen LogP contribution in [-0.2, 0) is 9.53 Å². The van der Waals surface area contributed by atoms with Gasteiger partial charge in [0.1, 0.15) is 11.5 Å². The summed E-state index contributed by atoms with van der Waals surface area (Å²) in [5.41, 5.74) is 0. The van der Waals surface area contributed by atoms with Gasteiger partial charge in [0.25, 0.3) is 0 Å². The molecule has 1 heterocycles. The maximum absolute atomic E-state index is 10.9. The molecule has 1 aliphatic rings. The first-order valence-corrected chi connectivity index (χ1v) is 5.02. The van der Waals surface area contributed by atoms with Crippen molar-refractivity contribution in [1.82, 2.24) is 0 Å². The van der Waals surface area contributed by atoms with Crippen LogP contribution < -0.4 is 0 Å². The van der Waals surface area contributed by atoms with Crippen LogP contribution in [-0.4, -0.2) is 17.5 Å². The fraction of sp³-hybridized carbons (Fsp3) is 0.889. The van der Waals surface area contributed by atoms with Crippen LogP contribution in [0.5, 0.6) is 0 Å². The van der Waals surface area contributed by atoms with E-state index in [1.165, 1.54) is 12.8 Å². The van der Waals surface area contributed by atoms with E-state index in [2.05, 4.69) is 6.92 Å². The molecule has 0 amide bonds. The smallest absolute Gasteiger partial charge is 0.324 e. The topological polar surface area (TPSA) is 26.3 Å². The van der Waals surface area contributed by atoms with Crippen LogP contribution >= 0.6 is 11.6 Å². The van der Waals surface area contributed by atoms with E-state index < -0.39 is 5.38 Å². The summed E-state index contributed by atoms with van der Waals surface area (Å²) in [4.78, 5) is 10.9. The van der Waals surface area contributed by atoms with E-state index in [0.717, 1.165) is 12.8 Å². The Bertz CT molecular complexity index is 159. The molecule has 0 spiro atoms. The Morgan fingerprint density at radius 2 is 2.33 bits per heavy atom. The fourth-order valence-corrected chi connectivity index (χ4v) is 1.66. The number of carbonyl (C=O) groups is 1. The highest BCUT2D eigenvalue weighted by Crippen LogP contribution is 2.23. The van der Waals surface area contributed by atoms with Gasteiger partial charge in [-0.25, -0.2) is 0 Å². The fourth-order valence-electron chi connectivity index (χ4n) is 1.41. The molecule has 2 nitrogen and oxygen atoms in total. The number of halogens is 1. The summed E-state index contributed by atoms with van der Waals surface area (Å²) in [5, 5.41) is -0.392. The highest BCUT2D eigenvalue weighted by molar-refractivity contribution is 6.30. The second kappa shape index (κ2) is 4.70. The van der Waals surface area contributed by atoms with Crippen LogP contribution in [0.1, 0.15) is 39.0 Å². The number of ether oxygens (including phenoxy) is 1. The molecule has 0 bridgehead atoms. The predicted octanol–water partition coefficient (Wildman–Crippen LogP) is 2.49. The van der Waals surface area contributed by atoms with E-state index in [1.807, 2.05) is 0 Å². The lowest BCUT2D eigenvalue weighted by Gasteiger charge is -2.06. The van der Waals surface area contributed by atoms with Gasteiger partial charge in [-0.3, -0.25) is 4.79 Å². The van der Waals surface area contributed by atoms with Gasteiger partial charge in [0, 0.05) is 6.42 Å². The molecule has 0 radical (unpaired) electrons. The third-order valence-electron chi connectivity index (χ3n) is 2.14. The molecular formula is C9H15ClO2. The van der Waals surface area contributed by atoms with Crippen molar-refractivity contribution in [2.24, 2.45) is 0 Å². The highest BCUT2D eigenvalue weighted by Gasteiger charge is 2.31. The average Bonchev–Trinajstić information content (AvgIpc) is 2.32. The molecule has 0 aliphatic carbocycles. The second-order valence-electron chi connectivity index (χ2n) is 3.26. The highest BCUT2D eigenvalue weighted by atomic mass is 35.5.